The quantitative estimate of drug-likeness (QED) is 0.442. The van der Waals surface area contributed by atoms with Gasteiger partial charge in [-0.15, -0.1) is 0 Å². The Kier molecular flexibility index (Phi) is 7.24. The first-order valence-electron chi connectivity index (χ1n) is 9.54. The molecule has 0 aliphatic heterocycles. The maximum atomic E-state index is 12.3. The molecular formula is C23H24N2O5. The Morgan fingerprint density at radius 3 is 2.30 bits per heavy atom. The minimum atomic E-state index is -0.789. The van der Waals surface area contributed by atoms with E-state index in [0.717, 1.165) is 10.8 Å². The molecule has 0 aliphatic rings. The van der Waals surface area contributed by atoms with Gasteiger partial charge in [-0.05, 0) is 54.1 Å². The number of carbonyl (C=O) groups excluding carboxylic acids is 2. The lowest BCUT2D eigenvalue weighted by Crippen LogP contribution is -2.47. The normalized spacial score (nSPS) is 11.5. The molecule has 7 heteroatoms. The largest absolute Gasteiger partial charge is 0.491 e. The zero-order chi connectivity index (χ0) is 21.3. The molecule has 7 nitrogen and oxygen atoms in total. The molecule has 156 valence electrons. The lowest BCUT2D eigenvalue weighted by Gasteiger charge is -2.15. The van der Waals surface area contributed by atoms with E-state index >= 15 is 0 Å². The summed E-state index contributed by atoms with van der Waals surface area (Å²) in [5.41, 5.74) is 5.16. The van der Waals surface area contributed by atoms with E-state index < -0.39 is 17.9 Å². The smallest absolute Gasteiger partial charge is 0.279 e. The summed E-state index contributed by atoms with van der Waals surface area (Å²) in [7, 11) is 1.60. The first-order valence-corrected chi connectivity index (χ1v) is 9.54. The van der Waals surface area contributed by atoms with Gasteiger partial charge in [0.25, 0.3) is 11.8 Å². The van der Waals surface area contributed by atoms with E-state index in [0.29, 0.717) is 30.3 Å². The lowest BCUT2D eigenvalue weighted by molar-refractivity contribution is -0.128. The van der Waals surface area contributed by atoms with Crippen LogP contribution in [0.25, 0.3) is 10.8 Å². The van der Waals surface area contributed by atoms with Crippen molar-refractivity contribution < 1.29 is 23.8 Å². The molecule has 1 unspecified atom stereocenters. The lowest BCUT2D eigenvalue weighted by atomic mass is 10.1. The van der Waals surface area contributed by atoms with Crippen molar-refractivity contribution in [2.45, 2.75) is 13.0 Å². The summed E-state index contributed by atoms with van der Waals surface area (Å²) in [5.74, 6) is 0.303. The third-order valence-corrected chi connectivity index (χ3v) is 4.37. The molecule has 0 heterocycles. The van der Waals surface area contributed by atoms with Gasteiger partial charge in [-0.3, -0.25) is 20.4 Å². The summed E-state index contributed by atoms with van der Waals surface area (Å²) in [6.07, 6.45) is -0.789. The van der Waals surface area contributed by atoms with Crippen LogP contribution in [-0.4, -0.2) is 38.2 Å². The minimum Gasteiger partial charge on any atom is -0.491 e. The van der Waals surface area contributed by atoms with E-state index in [4.69, 9.17) is 14.2 Å². The van der Waals surface area contributed by atoms with Gasteiger partial charge >= 0.3 is 0 Å². The second-order valence-electron chi connectivity index (χ2n) is 6.58. The molecule has 0 radical (unpaired) electrons. The number of methoxy groups -OCH3 is 1. The van der Waals surface area contributed by atoms with Crippen LogP contribution in [0, 0.1) is 0 Å². The van der Waals surface area contributed by atoms with Crippen molar-refractivity contribution in [3.05, 3.63) is 72.3 Å². The van der Waals surface area contributed by atoms with Crippen LogP contribution in [0.1, 0.15) is 17.3 Å². The number of rotatable bonds is 8. The van der Waals surface area contributed by atoms with Crippen molar-refractivity contribution in [3.63, 3.8) is 0 Å². The Bertz CT molecular complexity index is 1000. The van der Waals surface area contributed by atoms with Crippen molar-refractivity contribution in [3.8, 4) is 11.5 Å². The van der Waals surface area contributed by atoms with Crippen molar-refractivity contribution in [2.24, 2.45) is 0 Å². The molecule has 0 aromatic heterocycles. The molecule has 1 atom stereocenters. The standard InChI is InChI=1S/C23H24N2O5/c1-16(30-21-12-7-17-5-3-4-6-19(17)15-21)22(26)24-25-23(27)18-8-10-20(11-9-18)29-14-13-28-2/h3-12,15-16H,13-14H2,1-2H3,(H,24,26)(H,25,27). The van der Waals surface area contributed by atoms with Crippen LogP contribution in [0.3, 0.4) is 0 Å². The van der Waals surface area contributed by atoms with Gasteiger partial charge in [-0.2, -0.15) is 0 Å². The van der Waals surface area contributed by atoms with Gasteiger partial charge in [0.1, 0.15) is 18.1 Å². The van der Waals surface area contributed by atoms with E-state index in [2.05, 4.69) is 10.9 Å². The number of hydrogen-bond acceptors (Lipinski definition) is 5. The summed E-state index contributed by atoms with van der Waals surface area (Å²) in [6.45, 7) is 2.52. The van der Waals surface area contributed by atoms with Crippen LogP contribution < -0.4 is 20.3 Å². The van der Waals surface area contributed by atoms with E-state index in [1.54, 1.807) is 44.4 Å². The van der Waals surface area contributed by atoms with Crippen LogP contribution in [0.4, 0.5) is 0 Å². The molecule has 3 aromatic rings. The van der Waals surface area contributed by atoms with Crippen LogP contribution >= 0.6 is 0 Å². The Balaban J connectivity index is 1.49. The molecule has 0 aliphatic carbocycles. The molecule has 0 saturated heterocycles. The molecule has 30 heavy (non-hydrogen) atoms. The maximum absolute atomic E-state index is 12.3. The van der Waals surface area contributed by atoms with Crippen molar-refractivity contribution in [1.82, 2.24) is 10.9 Å². The Hall–Kier alpha value is -3.58. The molecular weight excluding hydrogens is 384 g/mol. The topological polar surface area (TPSA) is 85.9 Å². The number of nitrogens with one attached hydrogen (secondary N) is 2. The summed E-state index contributed by atoms with van der Waals surface area (Å²) >= 11 is 0. The van der Waals surface area contributed by atoms with Gasteiger partial charge in [0.05, 0.1) is 6.61 Å². The summed E-state index contributed by atoms with van der Waals surface area (Å²) in [6, 6.07) is 20.1. The number of fused-ring (bicyclic) bond motifs is 1. The fourth-order valence-corrected chi connectivity index (χ4v) is 2.74. The van der Waals surface area contributed by atoms with Gasteiger partial charge in [0.2, 0.25) is 0 Å². The number of amides is 2. The fraction of sp³-hybridized carbons (Fsp3) is 0.217. The molecule has 3 rings (SSSR count). The third kappa shape index (κ3) is 5.71. The number of carbonyl (C=O) groups is 2. The Morgan fingerprint density at radius 2 is 1.57 bits per heavy atom. The first-order chi connectivity index (χ1) is 14.6. The predicted molar refractivity (Wildman–Crippen MR) is 113 cm³/mol. The zero-order valence-electron chi connectivity index (χ0n) is 16.9. The molecule has 2 amide bonds. The summed E-state index contributed by atoms with van der Waals surface area (Å²) < 4.78 is 16.1. The monoisotopic (exact) mass is 408 g/mol. The minimum absolute atomic E-state index is 0.387. The zero-order valence-corrected chi connectivity index (χ0v) is 16.9. The number of ether oxygens (including phenoxy) is 3. The van der Waals surface area contributed by atoms with Crippen molar-refractivity contribution in [1.29, 1.82) is 0 Å². The molecule has 0 saturated carbocycles. The Morgan fingerprint density at radius 1 is 0.867 bits per heavy atom. The Labute approximate surface area is 174 Å². The van der Waals surface area contributed by atoms with Gasteiger partial charge in [-0.25, -0.2) is 0 Å². The van der Waals surface area contributed by atoms with Crippen LogP contribution in [-0.2, 0) is 9.53 Å². The molecule has 3 aromatic carbocycles. The highest BCUT2D eigenvalue weighted by Crippen LogP contribution is 2.21. The second-order valence-corrected chi connectivity index (χ2v) is 6.58. The van der Waals surface area contributed by atoms with Crippen molar-refractivity contribution in [2.75, 3.05) is 20.3 Å². The van der Waals surface area contributed by atoms with Crippen LogP contribution in [0.15, 0.2) is 66.7 Å². The number of hydrazine groups is 1. The van der Waals surface area contributed by atoms with E-state index in [1.165, 1.54) is 0 Å². The molecule has 0 fully saturated rings. The van der Waals surface area contributed by atoms with E-state index in [-0.39, 0.29) is 0 Å². The van der Waals surface area contributed by atoms with Crippen LogP contribution in [0.5, 0.6) is 11.5 Å². The second kappa shape index (κ2) is 10.3. The maximum Gasteiger partial charge on any atom is 0.279 e. The SMILES string of the molecule is COCCOc1ccc(C(=O)NNC(=O)C(C)Oc2ccc3ccccc3c2)cc1. The van der Waals surface area contributed by atoms with Gasteiger partial charge in [0.15, 0.2) is 6.10 Å². The number of benzene rings is 3. The average molecular weight is 408 g/mol. The van der Waals surface area contributed by atoms with E-state index in [1.807, 2.05) is 36.4 Å². The van der Waals surface area contributed by atoms with Crippen molar-refractivity contribution >= 4 is 22.6 Å². The van der Waals surface area contributed by atoms with Crippen LogP contribution in [0.2, 0.25) is 0 Å². The third-order valence-electron chi connectivity index (χ3n) is 4.37. The van der Waals surface area contributed by atoms with Gasteiger partial charge in [-0.1, -0.05) is 30.3 Å². The molecule has 0 spiro atoms. The first kappa shape index (κ1) is 21.1. The molecule has 0 bridgehead atoms. The fourth-order valence-electron chi connectivity index (χ4n) is 2.74. The predicted octanol–water partition coefficient (Wildman–Crippen LogP) is 3.09. The molecule has 2 N–H and O–H groups in total. The van der Waals surface area contributed by atoms with E-state index in [9.17, 15) is 9.59 Å². The summed E-state index contributed by atoms with van der Waals surface area (Å²) in [5, 5.41) is 2.11. The average Bonchev–Trinajstić information content (AvgIpc) is 2.77. The number of hydrogen-bond donors (Lipinski definition) is 2. The van der Waals surface area contributed by atoms with Gasteiger partial charge in [0, 0.05) is 12.7 Å². The van der Waals surface area contributed by atoms with Gasteiger partial charge < -0.3 is 14.2 Å². The highest BCUT2D eigenvalue weighted by molar-refractivity contribution is 5.95. The highest BCUT2D eigenvalue weighted by atomic mass is 16.5. The summed E-state index contributed by atoms with van der Waals surface area (Å²) in [4.78, 5) is 24.5. The highest BCUT2D eigenvalue weighted by Gasteiger charge is 2.16.